The number of ether oxygens (including phenoxy) is 1. The molecule has 1 aliphatic rings. The maximum absolute atomic E-state index is 13.7. The molecule has 1 aromatic rings. The van der Waals surface area contributed by atoms with Gasteiger partial charge in [0.15, 0.2) is 0 Å². The average Bonchev–Trinajstić information content (AvgIpc) is 3.18. The van der Waals surface area contributed by atoms with Crippen LogP contribution in [-0.4, -0.2) is 29.1 Å². The molecule has 0 radical (unpaired) electrons. The van der Waals surface area contributed by atoms with Crippen LogP contribution in [0.15, 0.2) is 24.3 Å². The minimum atomic E-state index is -0.344. The third-order valence-corrected chi connectivity index (χ3v) is 3.24. The van der Waals surface area contributed by atoms with Crippen LogP contribution in [0.2, 0.25) is 0 Å². The molecule has 0 aliphatic heterocycles. The molecule has 0 spiro atoms. The van der Waals surface area contributed by atoms with E-state index < -0.39 is 0 Å². The van der Waals surface area contributed by atoms with Gasteiger partial charge in [-0.1, -0.05) is 18.2 Å². The number of hydrogen-bond acceptors (Lipinski definition) is 2. The van der Waals surface area contributed by atoms with Crippen molar-refractivity contribution < 1.29 is 13.9 Å². The molecule has 0 saturated heterocycles. The van der Waals surface area contributed by atoms with Gasteiger partial charge in [0, 0.05) is 18.2 Å². The number of rotatable bonds is 5. The smallest absolute Gasteiger partial charge is 0.249 e. The summed E-state index contributed by atoms with van der Waals surface area (Å²) in [5, 5.41) is 0. The maximum Gasteiger partial charge on any atom is 0.249 e. The monoisotopic (exact) mass is 279 g/mol. The maximum atomic E-state index is 13.7. The summed E-state index contributed by atoms with van der Waals surface area (Å²) in [6.07, 6.45) is 1.99. The third kappa shape index (κ3) is 4.30. The van der Waals surface area contributed by atoms with Crippen molar-refractivity contribution >= 4 is 5.91 Å². The number of benzene rings is 1. The number of amides is 1. The van der Waals surface area contributed by atoms with Gasteiger partial charge in [0.2, 0.25) is 5.91 Å². The van der Waals surface area contributed by atoms with Crippen molar-refractivity contribution in [1.82, 2.24) is 4.90 Å². The Kier molecular flexibility index (Phi) is 4.43. The Morgan fingerprint density at radius 1 is 1.35 bits per heavy atom. The number of carbonyl (C=O) groups excluding carboxylic acids is 1. The molecule has 4 heteroatoms. The lowest BCUT2D eigenvalue weighted by Crippen LogP contribution is -2.37. The van der Waals surface area contributed by atoms with Crippen LogP contribution in [0.1, 0.15) is 39.2 Å². The topological polar surface area (TPSA) is 29.5 Å². The molecule has 1 amide bonds. The standard InChI is InChI=1S/C16H22FNO2/c1-16(2,3)20-11-15(19)18(13-8-9-13)10-12-6-4-5-7-14(12)17/h4-7,13H,8-11H2,1-3H3. The van der Waals surface area contributed by atoms with Crippen LogP contribution in [-0.2, 0) is 16.1 Å². The fourth-order valence-corrected chi connectivity index (χ4v) is 1.98. The molecule has 1 saturated carbocycles. The van der Waals surface area contributed by atoms with Crippen molar-refractivity contribution in [2.75, 3.05) is 6.61 Å². The molecule has 0 atom stereocenters. The lowest BCUT2D eigenvalue weighted by atomic mass is 10.2. The van der Waals surface area contributed by atoms with E-state index in [2.05, 4.69) is 0 Å². The van der Waals surface area contributed by atoms with E-state index in [1.807, 2.05) is 20.8 Å². The van der Waals surface area contributed by atoms with Crippen molar-refractivity contribution in [3.63, 3.8) is 0 Å². The lowest BCUT2D eigenvalue weighted by molar-refractivity contribution is -0.142. The van der Waals surface area contributed by atoms with Gasteiger partial charge in [-0.2, -0.15) is 0 Å². The van der Waals surface area contributed by atoms with Crippen LogP contribution in [0.5, 0.6) is 0 Å². The van der Waals surface area contributed by atoms with Crippen molar-refractivity contribution in [3.05, 3.63) is 35.6 Å². The zero-order chi connectivity index (χ0) is 14.8. The van der Waals surface area contributed by atoms with Crippen LogP contribution in [0.4, 0.5) is 4.39 Å². The largest absolute Gasteiger partial charge is 0.366 e. The summed E-state index contributed by atoms with van der Waals surface area (Å²) in [6.45, 7) is 6.12. The molecular weight excluding hydrogens is 257 g/mol. The second kappa shape index (κ2) is 5.92. The predicted octanol–water partition coefficient (Wildman–Crippen LogP) is 3.13. The fourth-order valence-electron chi connectivity index (χ4n) is 1.98. The molecule has 1 aliphatic carbocycles. The summed E-state index contributed by atoms with van der Waals surface area (Å²) in [5.41, 5.74) is 0.214. The van der Waals surface area contributed by atoms with Gasteiger partial charge in [-0.25, -0.2) is 4.39 Å². The Hall–Kier alpha value is -1.42. The lowest BCUT2D eigenvalue weighted by Gasteiger charge is -2.25. The molecule has 1 aromatic carbocycles. The van der Waals surface area contributed by atoms with Crippen LogP contribution in [0.3, 0.4) is 0 Å². The third-order valence-electron chi connectivity index (χ3n) is 3.24. The Balaban J connectivity index is 2.01. The van der Waals surface area contributed by atoms with Crippen LogP contribution in [0, 0.1) is 5.82 Å². The number of hydrogen-bond donors (Lipinski definition) is 0. The van der Waals surface area contributed by atoms with E-state index in [4.69, 9.17) is 4.74 Å². The number of carbonyl (C=O) groups is 1. The number of nitrogens with zero attached hydrogens (tertiary/aromatic N) is 1. The molecule has 3 nitrogen and oxygen atoms in total. The van der Waals surface area contributed by atoms with Gasteiger partial charge in [0.05, 0.1) is 5.60 Å². The van der Waals surface area contributed by atoms with Crippen molar-refractivity contribution in [1.29, 1.82) is 0 Å². The first kappa shape index (κ1) is 15.0. The van der Waals surface area contributed by atoms with Gasteiger partial charge >= 0.3 is 0 Å². The first-order valence-corrected chi connectivity index (χ1v) is 7.03. The van der Waals surface area contributed by atoms with Crippen molar-refractivity contribution in [2.24, 2.45) is 0 Å². The second-order valence-electron chi connectivity index (χ2n) is 6.25. The first-order chi connectivity index (χ1) is 9.37. The second-order valence-corrected chi connectivity index (χ2v) is 6.25. The number of halogens is 1. The van der Waals surface area contributed by atoms with Gasteiger partial charge in [-0.15, -0.1) is 0 Å². The molecule has 0 aromatic heterocycles. The summed E-state index contributed by atoms with van der Waals surface area (Å²) >= 11 is 0. The van der Waals surface area contributed by atoms with E-state index in [1.54, 1.807) is 23.1 Å². The van der Waals surface area contributed by atoms with Gasteiger partial charge in [0.1, 0.15) is 12.4 Å². The summed E-state index contributed by atoms with van der Waals surface area (Å²) in [4.78, 5) is 14.0. The van der Waals surface area contributed by atoms with E-state index >= 15 is 0 Å². The SMILES string of the molecule is CC(C)(C)OCC(=O)N(Cc1ccccc1F)C1CC1. The summed E-state index contributed by atoms with van der Waals surface area (Å²) in [6, 6.07) is 6.84. The molecule has 0 heterocycles. The van der Waals surface area contributed by atoms with Crippen LogP contribution >= 0.6 is 0 Å². The molecule has 20 heavy (non-hydrogen) atoms. The molecule has 110 valence electrons. The van der Waals surface area contributed by atoms with Gasteiger partial charge in [-0.05, 0) is 39.7 Å². The Labute approximate surface area is 119 Å². The minimum absolute atomic E-state index is 0.0501. The summed E-state index contributed by atoms with van der Waals surface area (Å²) < 4.78 is 19.2. The Bertz CT molecular complexity index is 478. The van der Waals surface area contributed by atoms with E-state index in [-0.39, 0.29) is 30.0 Å². The van der Waals surface area contributed by atoms with Crippen LogP contribution in [0.25, 0.3) is 0 Å². The minimum Gasteiger partial charge on any atom is -0.366 e. The molecular formula is C16H22FNO2. The molecule has 2 rings (SSSR count). The van der Waals surface area contributed by atoms with E-state index in [1.165, 1.54) is 6.07 Å². The van der Waals surface area contributed by atoms with E-state index in [0.29, 0.717) is 12.1 Å². The van der Waals surface area contributed by atoms with Crippen LogP contribution < -0.4 is 0 Å². The Morgan fingerprint density at radius 2 is 2.00 bits per heavy atom. The van der Waals surface area contributed by atoms with Crippen molar-refractivity contribution in [3.8, 4) is 0 Å². The van der Waals surface area contributed by atoms with Gasteiger partial charge in [-0.3, -0.25) is 4.79 Å². The normalized spacial score (nSPS) is 15.2. The van der Waals surface area contributed by atoms with E-state index in [0.717, 1.165) is 12.8 Å². The highest BCUT2D eigenvalue weighted by Gasteiger charge is 2.33. The average molecular weight is 279 g/mol. The zero-order valence-electron chi connectivity index (χ0n) is 12.4. The fraction of sp³-hybridized carbons (Fsp3) is 0.562. The van der Waals surface area contributed by atoms with Gasteiger partial charge in [0.25, 0.3) is 0 Å². The predicted molar refractivity (Wildman–Crippen MR) is 75.7 cm³/mol. The molecule has 0 N–H and O–H groups in total. The molecule has 0 bridgehead atoms. The highest BCUT2D eigenvalue weighted by Crippen LogP contribution is 2.29. The summed E-state index contributed by atoms with van der Waals surface area (Å²) in [7, 11) is 0. The highest BCUT2D eigenvalue weighted by atomic mass is 19.1. The first-order valence-electron chi connectivity index (χ1n) is 7.03. The quantitative estimate of drug-likeness (QED) is 0.828. The van der Waals surface area contributed by atoms with Crippen molar-refractivity contribution in [2.45, 2.75) is 51.8 Å². The van der Waals surface area contributed by atoms with E-state index in [9.17, 15) is 9.18 Å². The molecule has 1 fully saturated rings. The highest BCUT2D eigenvalue weighted by molar-refractivity contribution is 5.78. The summed E-state index contributed by atoms with van der Waals surface area (Å²) in [5.74, 6) is -0.326. The Morgan fingerprint density at radius 3 is 2.55 bits per heavy atom. The zero-order valence-corrected chi connectivity index (χ0v) is 12.4. The van der Waals surface area contributed by atoms with Gasteiger partial charge < -0.3 is 9.64 Å². The molecule has 0 unspecified atom stereocenters.